The molecule has 1 N–H and O–H groups in total. The Kier molecular flexibility index (Phi) is 2.88. The fourth-order valence-corrected chi connectivity index (χ4v) is 1.17. The highest BCUT2D eigenvalue weighted by atomic mass is 35.5. The van der Waals surface area contributed by atoms with Crippen LogP contribution in [-0.2, 0) is 11.2 Å². The van der Waals surface area contributed by atoms with Gasteiger partial charge in [0.05, 0.1) is 11.4 Å². The van der Waals surface area contributed by atoms with E-state index in [-0.39, 0.29) is 17.0 Å². The third-order valence-corrected chi connectivity index (χ3v) is 2.16. The third-order valence-electron chi connectivity index (χ3n) is 1.70. The maximum atomic E-state index is 13.2. The van der Waals surface area contributed by atoms with Crippen molar-refractivity contribution in [2.24, 2.45) is 0 Å². The Bertz CT molecular complexity index is 350. The van der Waals surface area contributed by atoms with Crippen LogP contribution < -0.4 is 0 Å². The molecule has 1 rings (SSSR count). The smallest absolute Gasteiger partial charge is 0.307 e. The number of carboxylic acids is 1. The van der Waals surface area contributed by atoms with Crippen molar-refractivity contribution in [2.45, 2.75) is 13.3 Å². The van der Waals surface area contributed by atoms with Gasteiger partial charge in [0.15, 0.2) is 0 Å². The first-order chi connectivity index (χ1) is 6.02. The SMILES string of the molecule is Cc1ccc(CC(=O)O)c(F)c1Cl. The normalized spacial score (nSPS) is 10.1. The first-order valence-corrected chi connectivity index (χ1v) is 4.05. The van der Waals surface area contributed by atoms with Gasteiger partial charge in [0.25, 0.3) is 0 Å². The van der Waals surface area contributed by atoms with E-state index in [0.717, 1.165) is 0 Å². The standard InChI is InChI=1S/C9H8ClFO2/c1-5-2-3-6(4-7(12)13)9(11)8(5)10/h2-3H,4H2,1H3,(H,12,13). The number of hydrogen-bond donors (Lipinski definition) is 1. The zero-order valence-corrected chi connectivity index (χ0v) is 7.73. The van der Waals surface area contributed by atoms with E-state index >= 15 is 0 Å². The van der Waals surface area contributed by atoms with Crippen molar-refractivity contribution in [2.75, 3.05) is 0 Å². The second-order valence-corrected chi connectivity index (χ2v) is 3.12. The lowest BCUT2D eigenvalue weighted by molar-refractivity contribution is -0.136. The Morgan fingerprint density at radius 1 is 1.62 bits per heavy atom. The number of aliphatic carboxylic acids is 1. The van der Waals surface area contributed by atoms with Gasteiger partial charge in [-0.3, -0.25) is 4.79 Å². The molecule has 2 nitrogen and oxygen atoms in total. The highest BCUT2D eigenvalue weighted by Crippen LogP contribution is 2.22. The monoisotopic (exact) mass is 202 g/mol. The van der Waals surface area contributed by atoms with Crippen LogP contribution in [0.3, 0.4) is 0 Å². The van der Waals surface area contributed by atoms with Gasteiger partial charge in [-0.2, -0.15) is 0 Å². The fraction of sp³-hybridized carbons (Fsp3) is 0.222. The Hall–Kier alpha value is -1.09. The van der Waals surface area contributed by atoms with Crippen molar-refractivity contribution in [3.05, 3.63) is 34.1 Å². The molecule has 0 unspecified atom stereocenters. The minimum absolute atomic E-state index is 0.00116. The molecular weight excluding hydrogens is 195 g/mol. The molecule has 0 saturated heterocycles. The molecule has 70 valence electrons. The van der Waals surface area contributed by atoms with Crippen LogP contribution in [0.4, 0.5) is 4.39 Å². The van der Waals surface area contributed by atoms with E-state index in [2.05, 4.69) is 0 Å². The van der Waals surface area contributed by atoms with Crippen LogP contribution >= 0.6 is 11.6 Å². The molecule has 1 aromatic rings. The molecule has 1 aromatic carbocycles. The molecule has 0 heterocycles. The van der Waals surface area contributed by atoms with E-state index in [1.165, 1.54) is 6.07 Å². The number of carbonyl (C=O) groups is 1. The van der Waals surface area contributed by atoms with E-state index in [0.29, 0.717) is 5.56 Å². The van der Waals surface area contributed by atoms with Crippen LogP contribution in [0.15, 0.2) is 12.1 Å². The van der Waals surface area contributed by atoms with E-state index in [4.69, 9.17) is 16.7 Å². The minimum atomic E-state index is -1.07. The summed E-state index contributed by atoms with van der Waals surface area (Å²) >= 11 is 5.60. The van der Waals surface area contributed by atoms with Gasteiger partial charge in [0.1, 0.15) is 5.82 Å². The van der Waals surface area contributed by atoms with E-state index in [9.17, 15) is 9.18 Å². The topological polar surface area (TPSA) is 37.3 Å². The molecule has 0 radical (unpaired) electrons. The number of halogens is 2. The molecule has 0 atom stereocenters. The van der Waals surface area contributed by atoms with Crippen LogP contribution in [0.25, 0.3) is 0 Å². The molecule has 0 saturated carbocycles. The highest BCUT2D eigenvalue weighted by molar-refractivity contribution is 6.31. The lowest BCUT2D eigenvalue weighted by atomic mass is 10.1. The molecular formula is C9H8ClFO2. The first-order valence-electron chi connectivity index (χ1n) is 3.67. The van der Waals surface area contributed by atoms with Crippen molar-refractivity contribution in [1.82, 2.24) is 0 Å². The minimum Gasteiger partial charge on any atom is -0.481 e. The Morgan fingerprint density at radius 2 is 2.23 bits per heavy atom. The number of hydrogen-bond acceptors (Lipinski definition) is 1. The average Bonchev–Trinajstić information content (AvgIpc) is 2.06. The zero-order valence-electron chi connectivity index (χ0n) is 6.97. The summed E-state index contributed by atoms with van der Waals surface area (Å²) in [5, 5.41) is 8.44. The summed E-state index contributed by atoms with van der Waals surface area (Å²) in [5.41, 5.74) is 0.719. The average molecular weight is 203 g/mol. The van der Waals surface area contributed by atoms with Gasteiger partial charge in [0.2, 0.25) is 0 Å². The van der Waals surface area contributed by atoms with Gasteiger partial charge in [0, 0.05) is 5.56 Å². The lowest BCUT2D eigenvalue weighted by Crippen LogP contribution is -2.03. The van der Waals surface area contributed by atoms with E-state index < -0.39 is 11.8 Å². The quantitative estimate of drug-likeness (QED) is 0.800. The molecule has 0 aromatic heterocycles. The van der Waals surface area contributed by atoms with Gasteiger partial charge in [-0.25, -0.2) is 4.39 Å². The molecule has 0 fully saturated rings. The number of carboxylic acid groups (broad SMARTS) is 1. The Morgan fingerprint density at radius 3 is 2.77 bits per heavy atom. The van der Waals surface area contributed by atoms with E-state index in [1.807, 2.05) is 0 Å². The molecule has 0 amide bonds. The maximum Gasteiger partial charge on any atom is 0.307 e. The second-order valence-electron chi connectivity index (χ2n) is 2.74. The second kappa shape index (κ2) is 3.75. The van der Waals surface area contributed by atoms with Crippen LogP contribution in [0.5, 0.6) is 0 Å². The number of rotatable bonds is 2. The van der Waals surface area contributed by atoms with Gasteiger partial charge >= 0.3 is 5.97 Å². The summed E-state index contributed by atoms with van der Waals surface area (Å²) in [4.78, 5) is 10.3. The lowest BCUT2D eigenvalue weighted by Gasteiger charge is -2.03. The third kappa shape index (κ3) is 2.18. The fourth-order valence-electron chi connectivity index (χ4n) is 0.985. The number of benzene rings is 1. The zero-order chi connectivity index (χ0) is 10.0. The summed E-state index contributed by atoms with van der Waals surface area (Å²) in [5.74, 6) is -1.71. The van der Waals surface area contributed by atoms with Gasteiger partial charge in [-0.1, -0.05) is 23.7 Å². The Labute approximate surface area is 80.0 Å². The highest BCUT2D eigenvalue weighted by Gasteiger charge is 2.11. The summed E-state index contributed by atoms with van der Waals surface area (Å²) in [6.07, 6.45) is -0.341. The van der Waals surface area contributed by atoms with Crippen LogP contribution in [0, 0.1) is 12.7 Å². The van der Waals surface area contributed by atoms with Crippen molar-refractivity contribution in [3.8, 4) is 0 Å². The number of aryl methyl sites for hydroxylation is 1. The summed E-state index contributed by atoms with van der Waals surface area (Å²) in [6, 6.07) is 3.04. The molecule has 0 aliphatic carbocycles. The van der Waals surface area contributed by atoms with Crippen molar-refractivity contribution in [1.29, 1.82) is 0 Å². The van der Waals surface area contributed by atoms with Crippen LogP contribution in [-0.4, -0.2) is 11.1 Å². The predicted molar refractivity (Wildman–Crippen MR) is 47.5 cm³/mol. The maximum absolute atomic E-state index is 13.2. The summed E-state index contributed by atoms with van der Waals surface area (Å²) in [7, 11) is 0. The van der Waals surface area contributed by atoms with Crippen molar-refractivity contribution >= 4 is 17.6 Å². The Balaban J connectivity index is 3.10. The molecule has 13 heavy (non-hydrogen) atoms. The summed E-state index contributed by atoms with van der Waals surface area (Å²) < 4.78 is 13.2. The molecule has 0 aliphatic heterocycles. The van der Waals surface area contributed by atoms with Gasteiger partial charge < -0.3 is 5.11 Å². The van der Waals surface area contributed by atoms with Crippen LogP contribution in [0.2, 0.25) is 5.02 Å². The molecule has 0 spiro atoms. The molecule has 0 bridgehead atoms. The molecule has 0 aliphatic rings. The summed E-state index contributed by atoms with van der Waals surface area (Å²) in [6.45, 7) is 1.66. The predicted octanol–water partition coefficient (Wildman–Crippen LogP) is 2.41. The van der Waals surface area contributed by atoms with Crippen molar-refractivity contribution < 1.29 is 14.3 Å². The molecule has 4 heteroatoms. The van der Waals surface area contributed by atoms with Crippen LogP contribution in [0.1, 0.15) is 11.1 Å². The largest absolute Gasteiger partial charge is 0.481 e. The van der Waals surface area contributed by atoms with Gasteiger partial charge in [-0.15, -0.1) is 0 Å². The van der Waals surface area contributed by atoms with Crippen molar-refractivity contribution in [3.63, 3.8) is 0 Å². The first kappa shape index (κ1) is 9.99. The van der Waals surface area contributed by atoms with E-state index in [1.54, 1.807) is 13.0 Å². The van der Waals surface area contributed by atoms with Gasteiger partial charge in [-0.05, 0) is 12.5 Å².